The second-order valence-electron chi connectivity index (χ2n) is 7.82. The highest BCUT2D eigenvalue weighted by molar-refractivity contribution is 8.16. The number of benzene rings is 1. The van der Waals surface area contributed by atoms with E-state index in [0.29, 0.717) is 11.6 Å². The molecule has 1 aromatic heterocycles. The summed E-state index contributed by atoms with van der Waals surface area (Å²) in [6.07, 6.45) is 3.32. The second-order valence-corrected chi connectivity index (χ2v) is 8.78. The van der Waals surface area contributed by atoms with Crippen LogP contribution in [0, 0.1) is 0 Å². The number of pyridine rings is 1. The molecule has 1 fully saturated rings. The lowest BCUT2D eigenvalue weighted by atomic mass is 9.99. The maximum atomic E-state index is 12.6. The Labute approximate surface area is 192 Å². The van der Waals surface area contributed by atoms with Crippen molar-refractivity contribution in [1.29, 1.82) is 0 Å². The summed E-state index contributed by atoms with van der Waals surface area (Å²) in [5, 5.41) is 3.68. The van der Waals surface area contributed by atoms with Crippen LogP contribution in [-0.4, -0.2) is 72.3 Å². The van der Waals surface area contributed by atoms with Gasteiger partial charge in [0.25, 0.3) is 0 Å². The normalized spacial score (nSPS) is 17.6. The van der Waals surface area contributed by atoms with Crippen molar-refractivity contribution in [2.75, 3.05) is 45.4 Å². The van der Waals surface area contributed by atoms with E-state index in [4.69, 9.17) is 19.5 Å². The Morgan fingerprint density at radius 3 is 2.47 bits per heavy atom. The van der Waals surface area contributed by atoms with E-state index < -0.39 is 5.66 Å². The number of nitrogens with zero attached hydrogens (tertiary/aromatic N) is 4. The predicted octanol–water partition coefficient (Wildman–Crippen LogP) is 3.09. The number of piperidine rings is 1. The molecule has 0 unspecified atom stereocenters. The fraction of sp³-hybridized carbons (Fsp3) is 0.391. The summed E-state index contributed by atoms with van der Waals surface area (Å²) in [4.78, 5) is 29.1. The monoisotopic (exact) mass is 453 g/mol. The molecule has 1 spiro atoms. The van der Waals surface area contributed by atoms with E-state index in [1.165, 1.54) is 11.8 Å². The van der Waals surface area contributed by atoms with Crippen molar-refractivity contribution in [2.45, 2.75) is 18.5 Å². The Hall–Kier alpha value is -2.91. The highest BCUT2D eigenvalue weighted by Crippen LogP contribution is 2.35. The van der Waals surface area contributed by atoms with Gasteiger partial charge < -0.3 is 19.7 Å². The van der Waals surface area contributed by atoms with Crippen molar-refractivity contribution in [2.24, 2.45) is 9.98 Å². The minimum Gasteiger partial charge on any atom is -0.497 e. The number of nitrogens with one attached hydrogen (secondary N) is 1. The summed E-state index contributed by atoms with van der Waals surface area (Å²) < 4.78 is 10.3. The summed E-state index contributed by atoms with van der Waals surface area (Å²) in [6, 6.07) is 11.3. The van der Waals surface area contributed by atoms with Gasteiger partial charge in [0, 0.05) is 37.6 Å². The number of aliphatic imine (C=N–C) groups is 2. The summed E-state index contributed by atoms with van der Waals surface area (Å²) in [5.41, 5.74) is 2.02. The van der Waals surface area contributed by atoms with E-state index >= 15 is 0 Å². The molecule has 2 aliphatic heterocycles. The zero-order valence-corrected chi connectivity index (χ0v) is 19.3. The van der Waals surface area contributed by atoms with E-state index in [-0.39, 0.29) is 11.7 Å². The zero-order chi connectivity index (χ0) is 22.6. The molecule has 2 aromatic rings. The highest BCUT2D eigenvalue weighted by Gasteiger charge is 2.39. The van der Waals surface area contributed by atoms with Gasteiger partial charge in [0.15, 0.2) is 5.66 Å². The SMILES string of the molecule is COc1ccc(C2=NC3(CCN(C)CC3)N=C2SCC(=O)Nc2ccc(OC)nc2)cc1. The molecule has 0 atom stereocenters. The predicted molar refractivity (Wildman–Crippen MR) is 128 cm³/mol. The number of methoxy groups -OCH3 is 2. The van der Waals surface area contributed by atoms with Gasteiger partial charge in [-0.15, -0.1) is 0 Å². The smallest absolute Gasteiger partial charge is 0.234 e. The fourth-order valence-corrected chi connectivity index (χ4v) is 4.54. The molecule has 0 radical (unpaired) electrons. The average Bonchev–Trinajstić information content (AvgIpc) is 3.18. The molecule has 3 heterocycles. The van der Waals surface area contributed by atoms with Crippen LogP contribution < -0.4 is 14.8 Å². The molecular formula is C23H27N5O3S. The summed E-state index contributed by atoms with van der Waals surface area (Å²) in [7, 11) is 5.32. The molecule has 4 rings (SSSR count). The van der Waals surface area contributed by atoms with Gasteiger partial charge in [-0.3, -0.25) is 9.79 Å². The van der Waals surface area contributed by atoms with Gasteiger partial charge in [0.2, 0.25) is 11.8 Å². The third-order valence-corrected chi connectivity index (χ3v) is 6.52. The van der Waals surface area contributed by atoms with Crippen LogP contribution >= 0.6 is 11.8 Å². The first-order valence-corrected chi connectivity index (χ1v) is 11.4. The minimum absolute atomic E-state index is 0.122. The molecule has 1 aromatic carbocycles. The minimum atomic E-state index is -0.430. The van der Waals surface area contributed by atoms with E-state index in [0.717, 1.165) is 48.0 Å². The highest BCUT2D eigenvalue weighted by atomic mass is 32.2. The van der Waals surface area contributed by atoms with Gasteiger partial charge >= 0.3 is 0 Å². The van der Waals surface area contributed by atoms with Crippen LogP contribution in [0.5, 0.6) is 11.6 Å². The van der Waals surface area contributed by atoms with Crippen LogP contribution in [-0.2, 0) is 4.79 Å². The van der Waals surface area contributed by atoms with Gasteiger partial charge in [0.05, 0.1) is 37.6 Å². The van der Waals surface area contributed by atoms with Crippen LogP contribution in [0.3, 0.4) is 0 Å². The lowest BCUT2D eigenvalue weighted by Crippen LogP contribution is -2.39. The van der Waals surface area contributed by atoms with Gasteiger partial charge in [-0.2, -0.15) is 0 Å². The molecule has 1 amide bonds. The van der Waals surface area contributed by atoms with Crippen molar-refractivity contribution in [1.82, 2.24) is 9.88 Å². The molecule has 2 aliphatic rings. The number of likely N-dealkylation sites (tertiary alicyclic amines) is 1. The molecule has 0 bridgehead atoms. The Morgan fingerprint density at radius 1 is 1.09 bits per heavy atom. The molecule has 1 saturated heterocycles. The number of hydrogen-bond donors (Lipinski definition) is 1. The van der Waals surface area contributed by atoms with Crippen molar-refractivity contribution >= 4 is 34.1 Å². The van der Waals surface area contributed by atoms with Crippen LogP contribution in [0.4, 0.5) is 5.69 Å². The number of thioether (sulfide) groups is 1. The Bertz CT molecular complexity index is 1010. The lowest BCUT2D eigenvalue weighted by molar-refractivity contribution is -0.113. The number of anilines is 1. The first-order chi connectivity index (χ1) is 15.5. The van der Waals surface area contributed by atoms with Gasteiger partial charge in [-0.05, 0) is 37.4 Å². The maximum absolute atomic E-state index is 12.6. The van der Waals surface area contributed by atoms with Crippen LogP contribution in [0.1, 0.15) is 18.4 Å². The van der Waals surface area contributed by atoms with Crippen molar-refractivity contribution in [3.8, 4) is 11.6 Å². The molecule has 168 valence electrons. The van der Waals surface area contributed by atoms with Crippen molar-refractivity contribution in [3.63, 3.8) is 0 Å². The van der Waals surface area contributed by atoms with Crippen LogP contribution in [0.25, 0.3) is 0 Å². The van der Waals surface area contributed by atoms with Crippen molar-refractivity contribution < 1.29 is 14.3 Å². The standard InChI is InChI=1S/C23H27N5O3S/c1-28-12-10-23(11-13-28)26-21(16-4-7-18(30-2)8-5-16)22(27-23)32-15-19(29)25-17-6-9-20(31-3)24-14-17/h4-9,14H,10-13,15H2,1-3H3,(H,25,29). The second kappa shape index (κ2) is 9.70. The molecule has 0 aliphatic carbocycles. The largest absolute Gasteiger partial charge is 0.497 e. The number of amides is 1. The molecular weight excluding hydrogens is 426 g/mol. The molecule has 8 nitrogen and oxygen atoms in total. The van der Waals surface area contributed by atoms with Crippen LogP contribution in [0.15, 0.2) is 52.6 Å². The number of rotatable bonds is 6. The average molecular weight is 454 g/mol. The number of carbonyl (C=O) groups is 1. The van der Waals surface area contributed by atoms with Gasteiger partial charge in [0.1, 0.15) is 10.8 Å². The molecule has 9 heteroatoms. The lowest BCUT2D eigenvalue weighted by Gasteiger charge is -2.33. The first kappa shape index (κ1) is 22.3. The number of carbonyl (C=O) groups excluding carboxylic acids is 1. The fourth-order valence-electron chi connectivity index (χ4n) is 3.67. The van der Waals surface area contributed by atoms with E-state index in [2.05, 4.69) is 22.2 Å². The third kappa shape index (κ3) is 5.11. The zero-order valence-electron chi connectivity index (χ0n) is 18.5. The maximum Gasteiger partial charge on any atom is 0.234 e. The molecule has 0 saturated carbocycles. The van der Waals surface area contributed by atoms with Crippen molar-refractivity contribution in [3.05, 3.63) is 48.2 Å². The first-order valence-electron chi connectivity index (χ1n) is 10.5. The van der Waals surface area contributed by atoms with E-state index in [9.17, 15) is 4.79 Å². The number of hydrogen-bond acceptors (Lipinski definition) is 8. The summed E-state index contributed by atoms with van der Waals surface area (Å²) >= 11 is 1.42. The summed E-state index contributed by atoms with van der Waals surface area (Å²) in [5.74, 6) is 1.40. The topological polar surface area (TPSA) is 88.4 Å². The third-order valence-electron chi connectivity index (χ3n) is 5.55. The summed E-state index contributed by atoms with van der Waals surface area (Å²) in [6.45, 7) is 1.90. The Morgan fingerprint density at radius 2 is 1.84 bits per heavy atom. The Balaban J connectivity index is 1.48. The quantitative estimate of drug-likeness (QED) is 0.723. The van der Waals surface area contributed by atoms with Gasteiger partial charge in [-0.25, -0.2) is 9.98 Å². The molecule has 32 heavy (non-hydrogen) atoms. The number of ether oxygens (including phenoxy) is 2. The molecule has 1 N–H and O–H groups in total. The van der Waals surface area contributed by atoms with E-state index in [1.807, 2.05) is 24.3 Å². The van der Waals surface area contributed by atoms with Crippen LogP contribution in [0.2, 0.25) is 0 Å². The number of aromatic nitrogens is 1. The Kier molecular flexibility index (Phi) is 6.76. The van der Waals surface area contributed by atoms with E-state index in [1.54, 1.807) is 32.5 Å². The van der Waals surface area contributed by atoms with Gasteiger partial charge in [-0.1, -0.05) is 11.8 Å².